The van der Waals surface area contributed by atoms with Crippen molar-refractivity contribution >= 4 is 16.1 Å². The maximum atomic E-state index is 13.5. The number of sulfonamides is 1. The van der Waals surface area contributed by atoms with Crippen molar-refractivity contribution in [2.75, 3.05) is 19.6 Å². The van der Waals surface area contributed by atoms with Gasteiger partial charge in [-0.3, -0.25) is 4.98 Å². The van der Waals surface area contributed by atoms with Crippen LogP contribution in [0.15, 0.2) is 109 Å². The maximum Gasteiger partial charge on any atom is 0.236 e. The predicted molar refractivity (Wildman–Crippen MR) is 172 cm³/mol. The van der Waals surface area contributed by atoms with Crippen molar-refractivity contribution in [3.05, 3.63) is 131 Å². The highest BCUT2D eigenvalue weighted by molar-refractivity contribution is 7.92. The Bertz CT molecular complexity index is 1500. The lowest BCUT2D eigenvalue weighted by Gasteiger charge is -2.29. The summed E-state index contributed by atoms with van der Waals surface area (Å²) in [5.41, 5.74) is 6.42. The third-order valence-corrected chi connectivity index (χ3v) is 9.12. The van der Waals surface area contributed by atoms with E-state index in [1.54, 1.807) is 10.4 Å². The second kappa shape index (κ2) is 15.0. The molecule has 42 heavy (non-hydrogen) atoms. The lowest BCUT2D eigenvalue weighted by molar-refractivity contribution is 0.311. The largest absolute Gasteiger partial charge is 0.313 e. The Morgan fingerprint density at radius 3 is 2.24 bits per heavy atom. The van der Waals surface area contributed by atoms with Crippen molar-refractivity contribution < 1.29 is 8.42 Å². The van der Waals surface area contributed by atoms with Crippen LogP contribution in [0.4, 0.5) is 0 Å². The van der Waals surface area contributed by atoms with Crippen LogP contribution in [0.2, 0.25) is 0 Å². The number of aromatic nitrogens is 1. The summed E-state index contributed by atoms with van der Waals surface area (Å²) in [6.45, 7) is 3.42. The summed E-state index contributed by atoms with van der Waals surface area (Å²) in [6, 6.07) is 32.6. The number of rotatable bonds is 13. The van der Waals surface area contributed by atoms with Gasteiger partial charge in [-0.2, -0.15) is 4.31 Å². The Morgan fingerprint density at radius 1 is 0.857 bits per heavy atom. The first-order valence-corrected chi connectivity index (χ1v) is 16.3. The highest BCUT2D eigenvalue weighted by atomic mass is 32.2. The first-order valence-electron chi connectivity index (χ1n) is 14.8. The Labute approximate surface area is 250 Å². The fourth-order valence-electron chi connectivity index (χ4n) is 5.22. The van der Waals surface area contributed by atoms with E-state index in [9.17, 15) is 8.42 Å². The van der Waals surface area contributed by atoms with Gasteiger partial charge in [0.15, 0.2) is 0 Å². The third kappa shape index (κ3) is 8.94. The summed E-state index contributed by atoms with van der Waals surface area (Å²) in [5, 5.41) is 8.34. The summed E-state index contributed by atoms with van der Waals surface area (Å²) in [7, 11) is -3.61. The summed E-state index contributed by atoms with van der Waals surface area (Å²) >= 11 is 0. The van der Waals surface area contributed by atoms with Crippen LogP contribution < -0.4 is 10.6 Å². The van der Waals surface area contributed by atoms with Crippen LogP contribution in [0.3, 0.4) is 0 Å². The highest BCUT2D eigenvalue weighted by Gasteiger charge is 2.24. The number of benzene rings is 3. The van der Waals surface area contributed by atoms with E-state index >= 15 is 0 Å². The van der Waals surface area contributed by atoms with E-state index in [0.717, 1.165) is 73.3 Å². The zero-order valence-corrected chi connectivity index (χ0v) is 24.8. The van der Waals surface area contributed by atoms with Crippen molar-refractivity contribution in [3.63, 3.8) is 0 Å². The molecular formula is C35H40N4O2S. The molecule has 5 rings (SSSR count). The summed E-state index contributed by atoms with van der Waals surface area (Å²) in [4.78, 5) is 4.37. The summed E-state index contributed by atoms with van der Waals surface area (Å²) in [5.74, 6) is 0. The van der Waals surface area contributed by atoms with Gasteiger partial charge in [0.1, 0.15) is 0 Å². The molecule has 218 valence electrons. The molecule has 4 aromatic rings. The average molecular weight is 581 g/mol. The van der Waals surface area contributed by atoms with Gasteiger partial charge in [-0.1, -0.05) is 91.3 Å². The molecule has 0 bridgehead atoms. The minimum absolute atomic E-state index is 0.168. The van der Waals surface area contributed by atoms with E-state index in [2.05, 4.69) is 58.1 Å². The quantitative estimate of drug-likeness (QED) is 0.189. The standard InChI is InChI=1S/C35H40N4O2S/c40-42(41,25-21-29-8-2-1-3-9-29)39(28-35-11-5-7-23-38-35)27-31-14-18-33(19-15-31)32-16-12-30(13-17-32)26-36-24-20-34-10-4-6-22-37-34/h1-4,6,8-10,12-19,21-22,25,35-36,38H,5,7,11,20,23-24,26-28H2/b25-21+. The maximum absolute atomic E-state index is 13.5. The monoisotopic (exact) mass is 580 g/mol. The van der Waals surface area contributed by atoms with Gasteiger partial charge in [0.05, 0.1) is 0 Å². The van der Waals surface area contributed by atoms with E-state index in [1.807, 2.05) is 60.8 Å². The van der Waals surface area contributed by atoms with Gasteiger partial charge in [0, 0.05) is 55.9 Å². The fourth-order valence-corrected chi connectivity index (χ4v) is 6.43. The second-order valence-electron chi connectivity index (χ2n) is 10.8. The van der Waals surface area contributed by atoms with Gasteiger partial charge in [-0.25, -0.2) is 8.42 Å². The van der Waals surface area contributed by atoms with Crippen molar-refractivity contribution in [1.82, 2.24) is 19.9 Å². The molecule has 0 aliphatic carbocycles. The Hall–Kier alpha value is -3.62. The first-order chi connectivity index (χ1) is 20.5. The van der Waals surface area contributed by atoms with Crippen LogP contribution in [-0.2, 0) is 29.5 Å². The third-order valence-electron chi connectivity index (χ3n) is 7.64. The Balaban J connectivity index is 1.20. The number of hydrogen-bond donors (Lipinski definition) is 2. The molecule has 2 N–H and O–H groups in total. The molecule has 1 aromatic heterocycles. The Kier molecular flexibility index (Phi) is 10.7. The summed E-state index contributed by atoms with van der Waals surface area (Å²) < 4.78 is 28.6. The molecule has 1 unspecified atom stereocenters. The van der Waals surface area contributed by atoms with Gasteiger partial charge in [0.25, 0.3) is 0 Å². The van der Waals surface area contributed by atoms with Crippen LogP contribution in [0, 0.1) is 0 Å². The molecule has 1 fully saturated rings. The SMILES string of the molecule is O=S(=O)(/C=C/c1ccccc1)N(Cc1ccc(-c2ccc(CNCCc3ccccn3)cc2)cc1)CC1CCCCN1. The van der Waals surface area contributed by atoms with Crippen LogP contribution in [0.25, 0.3) is 17.2 Å². The predicted octanol–water partition coefficient (Wildman–Crippen LogP) is 6.03. The molecule has 7 heteroatoms. The molecule has 1 atom stereocenters. The smallest absolute Gasteiger partial charge is 0.236 e. The number of piperidine rings is 1. The molecule has 3 aromatic carbocycles. The van der Waals surface area contributed by atoms with Crippen LogP contribution >= 0.6 is 0 Å². The zero-order chi connectivity index (χ0) is 29.0. The number of pyridine rings is 1. The molecule has 1 aliphatic heterocycles. The summed E-state index contributed by atoms with van der Waals surface area (Å²) in [6.07, 6.45) is 7.67. The Morgan fingerprint density at radius 2 is 1.57 bits per heavy atom. The van der Waals surface area contributed by atoms with Gasteiger partial charge < -0.3 is 10.6 Å². The molecule has 0 spiro atoms. The van der Waals surface area contributed by atoms with Crippen molar-refractivity contribution in [2.45, 2.75) is 44.8 Å². The van der Waals surface area contributed by atoms with E-state index in [1.165, 1.54) is 11.0 Å². The molecule has 1 aliphatic rings. The normalized spacial score (nSPS) is 15.8. The minimum atomic E-state index is -3.61. The molecule has 1 saturated heterocycles. The van der Waals surface area contributed by atoms with E-state index in [0.29, 0.717) is 13.1 Å². The zero-order valence-electron chi connectivity index (χ0n) is 24.0. The molecule has 0 saturated carbocycles. The lowest BCUT2D eigenvalue weighted by atomic mass is 10.0. The highest BCUT2D eigenvalue weighted by Crippen LogP contribution is 2.22. The fraction of sp³-hybridized carbons (Fsp3) is 0.286. The van der Waals surface area contributed by atoms with Crippen molar-refractivity contribution in [2.24, 2.45) is 0 Å². The van der Waals surface area contributed by atoms with Gasteiger partial charge >= 0.3 is 0 Å². The second-order valence-corrected chi connectivity index (χ2v) is 12.7. The van der Waals surface area contributed by atoms with E-state index in [4.69, 9.17) is 0 Å². The van der Waals surface area contributed by atoms with E-state index in [-0.39, 0.29) is 6.04 Å². The minimum Gasteiger partial charge on any atom is -0.313 e. The topological polar surface area (TPSA) is 74.3 Å². The van der Waals surface area contributed by atoms with Gasteiger partial charge in [-0.15, -0.1) is 0 Å². The van der Waals surface area contributed by atoms with Gasteiger partial charge in [0.2, 0.25) is 10.0 Å². The van der Waals surface area contributed by atoms with Crippen LogP contribution in [0.1, 0.15) is 41.6 Å². The molecule has 0 radical (unpaired) electrons. The molecule has 2 heterocycles. The lowest BCUT2D eigenvalue weighted by Crippen LogP contribution is -2.45. The number of nitrogens with one attached hydrogen (secondary N) is 2. The van der Waals surface area contributed by atoms with Crippen LogP contribution in [0.5, 0.6) is 0 Å². The van der Waals surface area contributed by atoms with Crippen molar-refractivity contribution in [1.29, 1.82) is 0 Å². The van der Waals surface area contributed by atoms with Gasteiger partial charge in [-0.05, 0) is 65.4 Å². The van der Waals surface area contributed by atoms with Crippen molar-refractivity contribution in [3.8, 4) is 11.1 Å². The molecule has 6 nitrogen and oxygen atoms in total. The first kappa shape index (κ1) is 29.9. The number of nitrogens with zero attached hydrogens (tertiary/aromatic N) is 2. The molecular weight excluding hydrogens is 540 g/mol. The average Bonchev–Trinajstić information content (AvgIpc) is 3.04. The van der Waals surface area contributed by atoms with E-state index < -0.39 is 10.0 Å². The van der Waals surface area contributed by atoms with Crippen LogP contribution in [-0.4, -0.2) is 43.4 Å². The molecule has 0 amide bonds. The number of hydrogen-bond acceptors (Lipinski definition) is 5.